The summed E-state index contributed by atoms with van der Waals surface area (Å²) in [5.41, 5.74) is 2.33. The quantitative estimate of drug-likeness (QED) is 0.905. The van der Waals surface area contributed by atoms with E-state index in [2.05, 4.69) is 10.3 Å². The molecule has 6 heteroatoms. The van der Waals surface area contributed by atoms with Gasteiger partial charge in [0.25, 0.3) is 11.8 Å². The topological polar surface area (TPSA) is 62.3 Å². The van der Waals surface area contributed by atoms with E-state index >= 15 is 0 Å². The summed E-state index contributed by atoms with van der Waals surface area (Å²) in [7, 11) is 0. The molecule has 0 spiro atoms. The number of carbonyl (C=O) groups is 2. The molecule has 130 valence electrons. The van der Waals surface area contributed by atoms with E-state index in [0.29, 0.717) is 21.8 Å². The van der Waals surface area contributed by atoms with Crippen molar-refractivity contribution in [2.24, 2.45) is 0 Å². The van der Waals surface area contributed by atoms with Crippen LogP contribution in [0.15, 0.2) is 36.7 Å². The number of pyridine rings is 1. The van der Waals surface area contributed by atoms with Crippen LogP contribution in [0, 0.1) is 6.92 Å². The van der Waals surface area contributed by atoms with Crippen LogP contribution in [0.5, 0.6) is 0 Å². The summed E-state index contributed by atoms with van der Waals surface area (Å²) in [6.45, 7) is 3.42. The molecule has 0 radical (unpaired) electrons. The number of aryl methyl sites for hydroxylation is 1. The number of likely N-dealkylation sites (tertiary alicyclic amines) is 1. The summed E-state index contributed by atoms with van der Waals surface area (Å²) < 4.78 is 0. The molecular weight excluding hydrogens is 338 g/mol. The Morgan fingerprint density at radius 1 is 1.08 bits per heavy atom. The standard InChI is InChI=1S/C19H20ClN3O2/c1-13-5-6-16(10-17(13)20)22-18(24)14-9-15(12-21-11-14)19(25)23-7-3-2-4-8-23/h5-6,9-12H,2-4,7-8H2,1H3,(H,22,24). The number of carbonyl (C=O) groups excluding carboxylic acids is 2. The van der Waals surface area contributed by atoms with Gasteiger partial charge in [-0.1, -0.05) is 17.7 Å². The smallest absolute Gasteiger partial charge is 0.257 e. The highest BCUT2D eigenvalue weighted by Crippen LogP contribution is 2.21. The molecule has 3 rings (SSSR count). The highest BCUT2D eigenvalue weighted by Gasteiger charge is 2.19. The van der Waals surface area contributed by atoms with Crippen molar-refractivity contribution in [1.82, 2.24) is 9.88 Å². The van der Waals surface area contributed by atoms with Crippen LogP contribution in [-0.4, -0.2) is 34.8 Å². The Hall–Kier alpha value is -2.40. The van der Waals surface area contributed by atoms with Crippen molar-refractivity contribution in [2.75, 3.05) is 18.4 Å². The molecule has 1 saturated heterocycles. The fraction of sp³-hybridized carbons (Fsp3) is 0.316. The van der Waals surface area contributed by atoms with Gasteiger partial charge in [-0.25, -0.2) is 0 Å². The second-order valence-corrected chi connectivity index (χ2v) is 6.64. The maximum Gasteiger partial charge on any atom is 0.257 e. The zero-order valence-corrected chi connectivity index (χ0v) is 14.8. The van der Waals surface area contributed by atoms with Gasteiger partial charge in [0.15, 0.2) is 0 Å². The Morgan fingerprint density at radius 3 is 2.52 bits per heavy atom. The van der Waals surface area contributed by atoms with E-state index in [1.54, 1.807) is 18.2 Å². The Morgan fingerprint density at radius 2 is 1.80 bits per heavy atom. The Kier molecular flexibility index (Phi) is 5.34. The van der Waals surface area contributed by atoms with Crippen molar-refractivity contribution in [3.63, 3.8) is 0 Å². The summed E-state index contributed by atoms with van der Waals surface area (Å²) in [5, 5.41) is 3.37. The molecule has 2 aromatic rings. The van der Waals surface area contributed by atoms with Gasteiger partial charge >= 0.3 is 0 Å². The average molecular weight is 358 g/mol. The van der Waals surface area contributed by atoms with E-state index in [4.69, 9.17) is 11.6 Å². The van der Waals surface area contributed by atoms with Crippen LogP contribution in [0.4, 0.5) is 5.69 Å². The molecule has 1 N–H and O–H groups in total. The number of benzene rings is 1. The van der Waals surface area contributed by atoms with Crippen LogP contribution in [0.25, 0.3) is 0 Å². The molecular formula is C19H20ClN3O2. The Labute approximate surface area is 152 Å². The molecule has 1 aliphatic heterocycles. The van der Waals surface area contributed by atoms with Crippen LogP contribution < -0.4 is 5.32 Å². The monoisotopic (exact) mass is 357 g/mol. The van der Waals surface area contributed by atoms with Crippen LogP contribution in [0.3, 0.4) is 0 Å². The fourth-order valence-electron chi connectivity index (χ4n) is 2.83. The minimum absolute atomic E-state index is 0.0692. The largest absolute Gasteiger partial charge is 0.339 e. The Balaban J connectivity index is 1.74. The second-order valence-electron chi connectivity index (χ2n) is 6.23. The Bertz CT molecular complexity index is 801. The number of rotatable bonds is 3. The maximum absolute atomic E-state index is 12.6. The van der Waals surface area contributed by atoms with Gasteiger partial charge < -0.3 is 10.2 Å². The van der Waals surface area contributed by atoms with Crippen LogP contribution in [0.2, 0.25) is 5.02 Å². The lowest BCUT2D eigenvalue weighted by atomic mass is 10.1. The minimum atomic E-state index is -0.319. The van der Waals surface area contributed by atoms with Crippen molar-refractivity contribution in [3.05, 3.63) is 58.4 Å². The lowest BCUT2D eigenvalue weighted by molar-refractivity contribution is 0.0724. The molecule has 25 heavy (non-hydrogen) atoms. The fourth-order valence-corrected chi connectivity index (χ4v) is 3.02. The SMILES string of the molecule is Cc1ccc(NC(=O)c2cncc(C(=O)N3CCCCC3)c2)cc1Cl. The summed E-state index contributed by atoms with van der Waals surface area (Å²) in [6, 6.07) is 6.92. The third-order valence-corrected chi connectivity index (χ3v) is 4.73. The summed E-state index contributed by atoms with van der Waals surface area (Å²) in [4.78, 5) is 30.9. The molecule has 1 aromatic heterocycles. The molecule has 2 heterocycles. The number of halogens is 1. The van der Waals surface area contributed by atoms with Crippen molar-refractivity contribution in [3.8, 4) is 0 Å². The van der Waals surface area contributed by atoms with Crippen molar-refractivity contribution in [1.29, 1.82) is 0 Å². The molecule has 1 aromatic carbocycles. The van der Waals surface area contributed by atoms with E-state index in [1.165, 1.54) is 12.4 Å². The van der Waals surface area contributed by atoms with Gasteiger partial charge in [0, 0.05) is 36.2 Å². The van der Waals surface area contributed by atoms with E-state index < -0.39 is 0 Å². The van der Waals surface area contributed by atoms with Gasteiger partial charge in [0.1, 0.15) is 0 Å². The predicted molar refractivity (Wildman–Crippen MR) is 98.1 cm³/mol. The number of piperidine rings is 1. The van der Waals surface area contributed by atoms with Crippen LogP contribution in [-0.2, 0) is 0 Å². The minimum Gasteiger partial charge on any atom is -0.339 e. The van der Waals surface area contributed by atoms with Gasteiger partial charge in [-0.15, -0.1) is 0 Å². The molecule has 5 nitrogen and oxygen atoms in total. The lowest BCUT2D eigenvalue weighted by Crippen LogP contribution is -2.35. The van der Waals surface area contributed by atoms with Gasteiger partial charge in [-0.3, -0.25) is 14.6 Å². The molecule has 0 saturated carbocycles. The number of amides is 2. The van der Waals surface area contributed by atoms with Crippen molar-refractivity contribution < 1.29 is 9.59 Å². The predicted octanol–water partition coefficient (Wildman–Crippen LogP) is 3.92. The maximum atomic E-state index is 12.6. The molecule has 0 unspecified atom stereocenters. The first-order valence-corrected chi connectivity index (χ1v) is 8.74. The number of aromatic nitrogens is 1. The first kappa shape index (κ1) is 17.4. The second kappa shape index (κ2) is 7.66. The first-order valence-electron chi connectivity index (χ1n) is 8.36. The third-order valence-electron chi connectivity index (χ3n) is 4.32. The average Bonchev–Trinajstić information content (AvgIpc) is 2.65. The number of anilines is 1. The van der Waals surface area contributed by atoms with Crippen molar-refractivity contribution >= 4 is 29.1 Å². The van der Waals surface area contributed by atoms with E-state index in [9.17, 15) is 9.59 Å². The van der Waals surface area contributed by atoms with Gasteiger partial charge in [-0.05, 0) is 49.9 Å². The molecule has 1 aliphatic rings. The van der Waals surface area contributed by atoms with Crippen LogP contribution >= 0.6 is 11.6 Å². The zero-order chi connectivity index (χ0) is 17.8. The number of hydrogen-bond acceptors (Lipinski definition) is 3. The molecule has 0 bridgehead atoms. The summed E-state index contributed by atoms with van der Waals surface area (Å²) in [6.07, 6.45) is 6.17. The summed E-state index contributed by atoms with van der Waals surface area (Å²) >= 11 is 6.08. The van der Waals surface area contributed by atoms with E-state index in [0.717, 1.165) is 37.9 Å². The highest BCUT2D eigenvalue weighted by atomic mass is 35.5. The normalized spacial score (nSPS) is 14.2. The third kappa shape index (κ3) is 4.17. The number of hydrogen-bond donors (Lipinski definition) is 1. The van der Waals surface area contributed by atoms with E-state index in [-0.39, 0.29) is 11.8 Å². The summed E-state index contributed by atoms with van der Waals surface area (Å²) in [5.74, 6) is -0.388. The molecule has 2 amide bonds. The number of nitrogens with one attached hydrogen (secondary N) is 1. The van der Waals surface area contributed by atoms with Crippen LogP contribution in [0.1, 0.15) is 45.5 Å². The van der Waals surface area contributed by atoms with Gasteiger partial charge in [0.05, 0.1) is 11.1 Å². The molecule has 0 atom stereocenters. The van der Waals surface area contributed by atoms with Gasteiger partial charge in [0.2, 0.25) is 0 Å². The molecule has 0 aliphatic carbocycles. The lowest BCUT2D eigenvalue weighted by Gasteiger charge is -2.26. The highest BCUT2D eigenvalue weighted by molar-refractivity contribution is 6.31. The molecule has 1 fully saturated rings. The van der Waals surface area contributed by atoms with Gasteiger partial charge in [-0.2, -0.15) is 0 Å². The zero-order valence-electron chi connectivity index (χ0n) is 14.1. The number of nitrogens with zero attached hydrogens (tertiary/aromatic N) is 2. The van der Waals surface area contributed by atoms with Crippen molar-refractivity contribution in [2.45, 2.75) is 26.2 Å². The first-order chi connectivity index (χ1) is 12.0. The van der Waals surface area contributed by atoms with E-state index in [1.807, 2.05) is 17.9 Å².